The van der Waals surface area contributed by atoms with Gasteiger partial charge in [-0.05, 0) is 25.7 Å². The first-order valence-corrected chi connectivity index (χ1v) is 8.86. The summed E-state index contributed by atoms with van der Waals surface area (Å²) >= 11 is 0. The number of aliphatic carboxylic acids is 1. The quantitative estimate of drug-likeness (QED) is 0.546. The molecule has 0 aromatic rings. The molecule has 2 aliphatic heterocycles. The van der Waals surface area contributed by atoms with E-state index in [0.717, 1.165) is 6.20 Å². The normalized spacial score (nSPS) is 44.3. The topological polar surface area (TPSA) is 66.8 Å². The molecule has 0 aromatic heterocycles. The molecule has 2 saturated carbocycles. The largest absolute Gasteiger partial charge is 0.478 e. The maximum absolute atomic E-state index is 14.5. The summed E-state index contributed by atoms with van der Waals surface area (Å²) in [6.07, 6.45) is -10.8. The number of hydrogen-bond donors (Lipinski definition) is 1. The van der Waals surface area contributed by atoms with Crippen LogP contribution < -0.4 is 0 Å². The van der Waals surface area contributed by atoms with Crippen LogP contribution in [0.4, 0.5) is 22.0 Å². The Labute approximate surface area is 151 Å². The molecule has 1 saturated heterocycles. The molecule has 0 amide bonds. The van der Waals surface area contributed by atoms with Crippen LogP contribution in [-0.2, 0) is 14.3 Å². The van der Waals surface area contributed by atoms with Gasteiger partial charge in [-0.2, -0.15) is 13.2 Å². The fourth-order valence-corrected chi connectivity index (χ4v) is 5.01. The Hall–Kier alpha value is -1.71. The lowest BCUT2D eigenvalue weighted by atomic mass is 9.70. The van der Waals surface area contributed by atoms with Crippen LogP contribution in [0, 0.1) is 11.8 Å². The molecule has 8 atom stereocenters. The molecule has 4 aliphatic rings. The van der Waals surface area contributed by atoms with Gasteiger partial charge in [-0.3, -0.25) is 4.79 Å². The molecule has 0 radical (unpaired) electrons. The number of morpholine rings is 1. The second-order valence-electron chi connectivity index (χ2n) is 7.71. The number of rotatable bonds is 1. The zero-order valence-corrected chi connectivity index (χ0v) is 14.0. The van der Waals surface area contributed by atoms with Gasteiger partial charge in [0.25, 0.3) is 0 Å². The molecular weight excluding hydrogens is 377 g/mol. The van der Waals surface area contributed by atoms with Crippen molar-refractivity contribution in [3.05, 3.63) is 11.8 Å². The molecule has 5 nitrogen and oxygen atoms in total. The minimum absolute atomic E-state index is 0.0678. The van der Waals surface area contributed by atoms with E-state index >= 15 is 0 Å². The molecule has 0 bridgehead atoms. The van der Waals surface area contributed by atoms with Gasteiger partial charge in [0.2, 0.25) is 0 Å². The highest BCUT2D eigenvalue weighted by atomic mass is 19.4. The third-order valence-corrected chi connectivity index (χ3v) is 6.28. The summed E-state index contributed by atoms with van der Waals surface area (Å²) < 4.78 is 73.6. The Morgan fingerprint density at radius 2 is 1.93 bits per heavy atom. The van der Waals surface area contributed by atoms with Gasteiger partial charge >= 0.3 is 12.1 Å². The number of carbonyl (C=O) groups excluding carboxylic acids is 1. The molecule has 10 heteroatoms. The van der Waals surface area contributed by atoms with Gasteiger partial charge in [0.05, 0.1) is 24.1 Å². The fraction of sp³-hybridized carbons (Fsp3) is 0.765. The van der Waals surface area contributed by atoms with E-state index in [9.17, 15) is 36.6 Å². The Balaban J connectivity index is 1.72. The second-order valence-corrected chi connectivity index (χ2v) is 7.71. The highest BCUT2D eigenvalue weighted by Gasteiger charge is 2.60. The Morgan fingerprint density at radius 1 is 1.22 bits per heavy atom. The predicted octanol–water partition coefficient (Wildman–Crippen LogP) is 2.40. The minimum atomic E-state index is -4.42. The first-order chi connectivity index (χ1) is 12.6. The molecule has 27 heavy (non-hydrogen) atoms. The minimum Gasteiger partial charge on any atom is -0.478 e. The van der Waals surface area contributed by atoms with Crippen molar-refractivity contribution in [2.45, 2.75) is 68.5 Å². The van der Waals surface area contributed by atoms with E-state index in [-0.39, 0.29) is 12.8 Å². The molecule has 150 valence electrons. The molecule has 1 N–H and O–H groups in total. The molecule has 4 rings (SSSR count). The van der Waals surface area contributed by atoms with Crippen molar-refractivity contribution in [2.24, 2.45) is 11.8 Å². The van der Waals surface area contributed by atoms with Gasteiger partial charge in [0, 0.05) is 12.1 Å². The van der Waals surface area contributed by atoms with Crippen molar-refractivity contribution in [3.63, 3.8) is 0 Å². The molecule has 3 fully saturated rings. The van der Waals surface area contributed by atoms with Crippen LogP contribution in [0.15, 0.2) is 11.8 Å². The van der Waals surface area contributed by atoms with Gasteiger partial charge < -0.3 is 14.7 Å². The lowest BCUT2D eigenvalue weighted by Crippen LogP contribution is -2.70. The highest BCUT2D eigenvalue weighted by molar-refractivity contribution is 6.18. The van der Waals surface area contributed by atoms with Gasteiger partial charge in [0.1, 0.15) is 17.8 Å². The number of nitrogens with zero attached hydrogens (tertiary/aromatic N) is 1. The van der Waals surface area contributed by atoms with Crippen LogP contribution in [0.2, 0.25) is 0 Å². The predicted molar refractivity (Wildman–Crippen MR) is 80.1 cm³/mol. The number of hydrogen-bond acceptors (Lipinski definition) is 4. The highest BCUT2D eigenvalue weighted by Crippen LogP contribution is 2.48. The van der Waals surface area contributed by atoms with Crippen LogP contribution in [-0.4, -0.2) is 64.6 Å². The van der Waals surface area contributed by atoms with Crippen molar-refractivity contribution in [1.29, 1.82) is 0 Å². The van der Waals surface area contributed by atoms with E-state index in [1.165, 1.54) is 4.90 Å². The molecule has 8 unspecified atom stereocenters. The Bertz CT molecular complexity index is 695. The summed E-state index contributed by atoms with van der Waals surface area (Å²) in [5, 5.41) is 9.30. The lowest BCUT2D eigenvalue weighted by molar-refractivity contribution is -0.240. The van der Waals surface area contributed by atoms with Gasteiger partial charge in [-0.1, -0.05) is 0 Å². The summed E-state index contributed by atoms with van der Waals surface area (Å²) in [7, 11) is 0. The van der Waals surface area contributed by atoms with E-state index in [2.05, 4.69) is 0 Å². The van der Waals surface area contributed by atoms with Crippen LogP contribution in [0.3, 0.4) is 0 Å². The number of carboxylic acid groups (broad SMARTS) is 1. The van der Waals surface area contributed by atoms with Crippen LogP contribution in [0.1, 0.15) is 25.7 Å². The van der Waals surface area contributed by atoms with E-state index in [1.807, 2.05) is 0 Å². The number of halogens is 5. The SMILES string of the molecule is O=C(O)C1=CN2C3CCC(C(F)(F)F)CC3OC3C(F)C(F)CC(C1=O)C32. The molecule has 2 aliphatic carbocycles. The summed E-state index contributed by atoms with van der Waals surface area (Å²) in [4.78, 5) is 25.4. The number of Topliss-reactive ketones (excluding diaryl/α,β-unsaturated/α-hetero) is 1. The summed E-state index contributed by atoms with van der Waals surface area (Å²) in [5.74, 6) is -4.97. The van der Waals surface area contributed by atoms with E-state index in [1.54, 1.807) is 0 Å². The standard InChI is InChI=1S/C17H18F5NO4/c18-9-4-7-13-15(12(9)19)27-11-3-6(17(20,21)22)1-2-10(11)23(13)5-8(14(7)24)16(25)26/h5-7,9-13,15H,1-4H2,(H,25,26). The zero-order chi connectivity index (χ0) is 19.7. The molecular formula is C17H18F5NO4. The summed E-state index contributed by atoms with van der Waals surface area (Å²) in [5.41, 5.74) is -0.543. The van der Waals surface area contributed by atoms with Gasteiger partial charge in [0.15, 0.2) is 12.0 Å². The molecule has 0 spiro atoms. The van der Waals surface area contributed by atoms with E-state index in [4.69, 9.17) is 4.74 Å². The van der Waals surface area contributed by atoms with E-state index < -0.39 is 84.8 Å². The average Bonchev–Trinajstić information content (AvgIpc) is 2.59. The summed E-state index contributed by atoms with van der Waals surface area (Å²) in [6.45, 7) is 0. The third-order valence-electron chi connectivity index (χ3n) is 6.28. The second kappa shape index (κ2) is 6.15. The maximum Gasteiger partial charge on any atom is 0.391 e. The number of carboxylic acids is 1. The molecule has 2 heterocycles. The average molecular weight is 395 g/mol. The van der Waals surface area contributed by atoms with Gasteiger partial charge in [-0.15, -0.1) is 0 Å². The first kappa shape index (κ1) is 18.6. The summed E-state index contributed by atoms with van der Waals surface area (Å²) in [6, 6.07) is -1.50. The van der Waals surface area contributed by atoms with Crippen molar-refractivity contribution in [2.75, 3.05) is 0 Å². The number of ketones is 1. The van der Waals surface area contributed by atoms with Crippen molar-refractivity contribution >= 4 is 11.8 Å². The third kappa shape index (κ3) is 2.83. The number of alkyl halides is 5. The Morgan fingerprint density at radius 3 is 2.56 bits per heavy atom. The smallest absolute Gasteiger partial charge is 0.391 e. The first-order valence-electron chi connectivity index (χ1n) is 8.86. The maximum atomic E-state index is 14.5. The van der Waals surface area contributed by atoms with Gasteiger partial charge in [-0.25, -0.2) is 13.6 Å². The fourth-order valence-electron chi connectivity index (χ4n) is 5.01. The van der Waals surface area contributed by atoms with Crippen molar-refractivity contribution < 1.29 is 41.4 Å². The zero-order valence-electron chi connectivity index (χ0n) is 14.0. The van der Waals surface area contributed by atoms with E-state index in [0.29, 0.717) is 0 Å². The monoisotopic (exact) mass is 395 g/mol. The Kier molecular flexibility index (Phi) is 4.25. The van der Waals surface area contributed by atoms with Crippen LogP contribution >= 0.6 is 0 Å². The lowest BCUT2D eigenvalue weighted by Gasteiger charge is -2.58. The van der Waals surface area contributed by atoms with Crippen molar-refractivity contribution in [3.8, 4) is 0 Å². The number of fused-ring (bicyclic) bond motifs is 2. The van der Waals surface area contributed by atoms with Crippen molar-refractivity contribution in [1.82, 2.24) is 4.90 Å². The van der Waals surface area contributed by atoms with Crippen LogP contribution in [0.25, 0.3) is 0 Å². The molecule has 0 aromatic carbocycles. The number of ether oxygens (including phenoxy) is 1. The van der Waals surface area contributed by atoms with Crippen LogP contribution in [0.5, 0.6) is 0 Å². The number of carbonyl (C=O) groups is 2.